The number of rotatable bonds is 3. The molecule has 2 heterocycles. The zero-order chi connectivity index (χ0) is 17.4. The third kappa shape index (κ3) is 2.83. The fourth-order valence-corrected chi connectivity index (χ4v) is 2.88. The van der Waals surface area contributed by atoms with Gasteiger partial charge in [-0.2, -0.15) is 0 Å². The SMILES string of the molecule is COc1ccccc1-c1nnc(-c2cc3cc(Br)ccc3oc2=O)o1. The minimum Gasteiger partial charge on any atom is -0.496 e. The normalized spacial score (nSPS) is 11.0. The molecule has 0 radical (unpaired) electrons. The summed E-state index contributed by atoms with van der Waals surface area (Å²) in [5, 5.41) is 8.76. The number of ether oxygens (including phenoxy) is 1. The Morgan fingerprint density at radius 1 is 0.960 bits per heavy atom. The van der Waals surface area contributed by atoms with E-state index in [1.165, 1.54) is 0 Å². The molecule has 7 heteroatoms. The fourth-order valence-electron chi connectivity index (χ4n) is 2.51. The van der Waals surface area contributed by atoms with Gasteiger partial charge in [0.25, 0.3) is 11.8 Å². The quantitative estimate of drug-likeness (QED) is 0.479. The van der Waals surface area contributed by atoms with Crippen LogP contribution in [0.5, 0.6) is 5.75 Å². The number of aromatic nitrogens is 2. The van der Waals surface area contributed by atoms with Crippen LogP contribution < -0.4 is 10.4 Å². The highest BCUT2D eigenvalue weighted by Crippen LogP contribution is 2.30. The molecule has 0 aliphatic heterocycles. The van der Waals surface area contributed by atoms with E-state index in [1.54, 1.807) is 37.4 Å². The van der Waals surface area contributed by atoms with Crippen molar-refractivity contribution in [3.8, 4) is 28.7 Å². The summed E-state index contributed by atoms with van der Waals surface area (Å²) in [7, 11) is 1.56. The summed E-state index contributed by atoms with van der Waals surface area (Å²) in [6.07, 6.45) is 0. The molecule has 0 atom stereocenters. The number of halogens is 1. The van der Waals surface area contributed by atoms with Gasteiger partial charge in [0.15, 0.2) is 0 Å². The minimum atomic E-state index is -0.537. The molecule has 4 rings (SSSR count). The number of para-hydroxylation sites is 1. The number of fused-ring (bicyclic) bond motifs is 1. The third-order valence-electron chi connectivity index (χ3n) is 3.69. The maximum absolute atomic E-state index is 12.3. The summed E-state index contributed by atoms with van der Waals surface area (Å²) in [6.45, 7) is 0. The van der Waals surface area contributed by atoms with Crippen LogP contribution in [0, 0.1) is 0 Å². The molecule has 0 N–H and O–H groups in total. The summed E-state index contributed by atoms with van der Waals surface area (Å²) in [6, 6.07) is 14.3. The van der Waals surface area contributed by atoms with Crippen molar-refractivity contribution < 1.29 is 13.6 Å². The van der Waals surface area contributed by atoms with Gasteiger partial charge in [-0.15, -0.1) is 10.2 Å². The first kappa shape index (κ1) is 15.6. The molecule has 2 aromatic carbocycles. The third-order valence-corrected chi connectivity index (χ3v) is 4.18. The van der Waals surface area contributed by atoms with Crippen LogP contribution in [0.4, 0.5) is 0 Å². The molecule has 6 nitrogen and oxygen atoms in total. The molecular formula is C18H11BrN2O4. The second-order valence-corrected chi connectivity index (χ2v) is 6.16. The number of nitrogens with zero attached hydrogens (tertiary/aromatic N) is 2. The molecular weight excluding hydrogens is 388 g/mol. The zero-order valence-corrected chi connectivity index (χ0v) is 14.6. The first-order chi connectivity index (χ1) is 12.2. The van der Waals surface area contributed by atoms with Crippen molar-refractivity contribution in [3.05, 3.63) is 63.4 Å². The van der Waals surface area contributed by atoms with Gasteiger partial charge < -0.3 is 13.6 Å². The molecule has 4 aromatic rings. The highest BCUT2D eigenvalue weighted by atomic mass is 79.9. The van der Waals surface area contributed by atoms with E-state index in [1.807, 2.05) is 18.2 Å². The molecule has 0 saturated heterocycles. The number of benzene rings is 2. The zero-order valence-electron chi connectivity index (χ0n) is 13.0. The van der Waals surface area contributed by atoms with Crippen molar-refractivity contribution in [1.82, 2.24) is 10.2 Å². The fraction of sp³-hybridized carbons (Fsp3) is 0.0556. The van der Waals surface area contributed by atoms with E-state index in [9.17, 15) is 4.79 Å². The van der Waals surface area contributed by atoms with E-state index in [0.717, 1.165) is 9.86 Å². The largest absolute Gasteiger partial charge is 0.496 e. The Hall–Kier alpha value is -2.93. The second-order valence-electron chi connectivity index (χ2n) is 5.24. The van der Waals surface area contributed by atoms with Crippen molar-refractivity contribution in [1.29, 1.82) is 0 Å². The number of hydrogen-bond donors (Lipinski definition) is 0. The summed E-state index contributed by atoms with van der Waals surface area (Å²) in [5.74, 6) is 0.963. The van der Waals surface area contributed by atoms with Gasteiger partial charge in [0, 0.05) is 9.86 Å². The second kappa shape index (κ2) is 6.18. The van der Waals surface area contributed by atoms with Crippen LogP contribution in [0.25, 0.3) is 33.9 Å². The number of hydrogen-bond acceptors (Lipinski definition) is 6. The smallest absolute Gasteiger partial charge is 0.349 e. The van der Waals surface area contributed by atoms with E-state index < -0.39 is 5.63 Å². The van der Waals surface area contributed by atoms with Crippen molar-refractivity contribution in [2.75, 3.05) is 7.11 Å². The summed E-state index contributed by atoms with van der Waals surface area (Å²) < 4.78 is 17.2. The molecule has 0 bridgehead atoms. The molecule has 0 unspecified atom stereocenters. The lowest BCUT2D eigenvalue weighted by Crippen LogP contribution is -2.02. The van der Waals surface area contributed by atoms with Crippen LogP contribution in [0.1, 0.15) is 0 Å². The lowest BCUT2D eigenvalue weighted by atomic mass is 10.2. The van der Waals surface area contributed by atoms with Crippen LogP contribution >= 0.6 is 15.9 Å². The van der Waals surface area contributed by atoms with Crippen LogP contribution in [-0.4, -0.2) is 17.3 Å². The first-order valence-corrected chi connectivity index (χ1v) is 8.15. The lowest BCUT2D eigenvalue weighted by molar-refractivity contribution is 0.414. The van der Waals surface area contributed by atoms with Gasteiger partial charge in [-0.25, -0.2) is 4.79 Å². The predicted octanol–water partition coefficient (Wildman–Crippen LogP) is 4.28. The molecule has 0 fully saturated rings. The van der Waals surface area contributed by atoms with Gasteiger partial charge in [-0.1, -0.05) is 28.1 Å². The molecule has 0 aliphatic rings. The molecule has 0 saturated carbocycles. The summed E-state index contributed by atoms with van der Waals surface area (Å²) in [4.78, 5) is 12.3. The monoisotopic (exact) mass is 398 g/mol. The van der Waals surface area contributed by atoms with Crippen LogP contribution in [0.2, 0.25) is 0 Å². The Kier molecular flexibility index (Phi) is 3.85. The molecule has 124 valence electrons. The Bertz CT molecular complexity index is 1130. The van der Waals surface area contributed by atoms with E-state index in [4.69, 9.17) is 13.6 Å². The van der Waals surface area contributed by atoms with Crippen LogP contribution in [0.15, 0.2) is 66.6 Å². The minimum absolute atomic E-state index is 0.0940. The summed E-state index contributed by atoms with van der Waals surface area (Å²) in [5.41, 5.74) is 0.808. The topological polar surface area (TPSA) is 78.4 Å². The van der Waals surface area contributed by atoms with Gasteiger partial charge in [-0.05, 0) is 36.4 Å². The number of methoxy groups -OCH3 is 1. The highest BCUT2D eigenvalue weighted by Gasteiger charge is 2.17. The molecule has 0 amide bonds. The summed E-state index contributed by atoms with van der Waals surface area (Å²) >= 11 is 3.40. The molecule has 2 aromatic heterocycles. The van der Waals surface area contributed by atoms with E-state index in [2.05, 4.69) is 26.1 Å². The molecule has 25 heavy (non-hydrogen) atoms. The molecule has 0 aliphatic carbocycles. The van der Waals surface area contributed by atoms with E-state index >= 15 is 0 Å². The van der Waals surface area contributed by atoms with E-state index in [-0.39, 0.29) is 17.3 Å². The predicted molar refractivity (Wildman–Crippen MR) is 95.5 cm³/mol. The maximum atomic E-state index is 12.3. The Labute approximate surface area is 150 Å². The van der Waals surface area contributed by atoms with Gasteiger partial charge in [-0.3, -0.25) is 0 Å². The molecule has 0 spiro atoms. The van der Waals surface area contributed by atoms with E-state index in [0.29, 0.717) is 16.9 Å². The van der Waals surface area contributed by atoms with Crippen LogP contribution in [0.3, 0.4) is 0 Å². The lowest BCUT2D eigenvalue weighted by Gasteiger charge is -2.03. The van der Waals surface area contributed by atoms with Gasteiger partial charge >= 0.3 is 5.63 Å². The average Bonchev–Trinajstić information content (AvgIpc) is 3.11. The van der Waals surface area contributed by atoms with Gasteiger partial charge in [0.05, 0.1) is 12.7 Å². The standard InChI is InChI=1S/C18H11BrN2O4/c1-23-15-5-3-2-4-12(15)16-20-21-17(25-16)13-9-10-8-11(19)6-7-14(10)24-18(13)22/h2-9H,1H3. The van der Waals surface area contributed by atoms with Crippen molar-refractivity contribution in [3.63, 3.8) is 0 Å². The Morgan fingerprint density at radius 3 is 2.52 bits per heavy atom. The van der Waals surface area contributed by atoms with Crippen molar-refractivity contribution >= 4 is 26.9 Å². The maximum Gasteiger partial charge on any atom is 0.349 e. The average molecular weight is 399 g/mol. The first-order valence-electron chi connectivity index (χ1n) is 7.36. The van der Waals surface area contributed by atoms with Crippen molar-refractivity contribution in [2.24, 2.45) is 0 Å². The van der Waals surface area contributed by atoms with Gasteiger partial charge in [0.1, 0.15) is 16.9 Å². The van der Waals surface area contributed by atoms with Crippen molar-refractivity contribution in [2.45, 2.75) is 0 Å². The van der Waals surface area contributed by atoms with Crippen LogP contribution in [-0.2, 0) is 0 Å². The Morgan fingerprint density at radius 2 is 1.72 bits per heavy atom. The van der Waals surface area contributed by atoms with Gasteiger partial charge in [0.2, 0.25) is 0 Å². The Balaban J connectivity index is 1.84. The highest BCUT2D eigenvalue weighted by molar-refractivity contribution is 9.10.